The van der Waals surface area contributed by atoms with E-state index in [9.17, 15) is 0 Å². The molecule has 0 saturated carbocycles. The Kier molecular flexibility index (Phi) is 5.63. The van der Waals surface area contributed by atoms with E-state index >= 15 is 0 Å². The van der Waals surface area contributed by atoms with Crippen LogP contribution in [0.5, 0.6) is 0 Å². The topological polar surface area (TPSA) is 7.68 Å². The summed E-state index contributed by atoms with van der Waals surface area (Å²) in [6.07, 6.45) is 9.42. The van der Waals surface area contributed by atoms with Crippen LogP contribution in [-0.4, -0.2) is 18.1 Å². The minimum atomic E-state index is -0.0144. The van der Waals surface area contributed by atoms with Gasteiger partial charge in [0.1, 0.15) is 11.9 Å². The summed E-state index contributed by atoms with van der Waals surface area (Å²) in [6, 6.07) is 11.4. The van der Waals surface area contributed by atoms with Crippen molar-refractivity contribution in [1.29, 1.82) is 0 Å². The molecule has 2 aliphatic rings. The van der Waals surface area contributed by atoms with Crippen LogP contribution in [0.1, 0.15) is 39.2 Å². The molecule has 4 atom stereocenters. The second kappa shape index (κ2) is 7.37. The van der Waals surface area contributed by atoms with Crippen LogP contribution in [-0.2, 0) is 5.41 Å². The van der Waals surface area contributed by atoms with E-state index in [0.717, 1.165) is 12.8 Å². The highest BCUT2D eigenvalue weighted by Crippen LogP contribution is 2.55. The second-order valence-electron chi connectivity index (χ2n) is 7.88. The Labute approximate surface area is 184 Å². The molecule has 0 saturated heterocycles. The highest BCUT2D eigenvalue weighted by atomic mass is 127. The molecule has 1 N–H and O–H groups in total. The summed E-state index contributed by atoms with van der Waals surface area (Å²) in [7, 11) is 2.22. The molecule has 0 radical (unpaired) electrons. The lowest BCUT2D eigenvalue weighted by Gasteiger charge is -2.55. The van der Waals surface area contributed by atoms with Crippen molar-refractivity contribution >= 4 is 17.0 Å². The molecule has 4 rings (SSSR count). The first-order valence-electron chi connectivity index (χ1n) is 9.61. The summed E-state index contributed by atoms with van der Waals surface area (Å²) in [5.74, 6) is 0. The molecule has 144 valence electrons. The lowest BCUT2D eigenvalue weighted by Crippen LogP contribution is -3.11. The van der Waals surface area contributed by atoms with Gasteiger partial charge in [-0.25, -0.2) is 0 Å². The van der Waals surface area contributed by atoms with Crippen LogP contribution in [0, 0.1) is 5.41 Å². The lowest BCUT2D eigenvalue weighted by atomic mass is 9.54. The predicted molar refractivity (Wildman–Crippen MR) is 112 cm³/mol. The largest absolute Gasteiger partial charge is 1.00 e. The zero-order valence-electron chi connectivity index (χ0n) is 16.6. The lowest BCUT2D eigenvalue weighted by molar-refractivity contribution is -0.826. The molecule has 2 aliphatic heterocycles. The van der Waals surface area contributed by atoms with Crippen molar-refractivity contribution in [2.75, 3.05) is 7.05 Å². The van der Waals surface area contributed by atoms with E-state index in [1.165, 1.54) is 26.6 Å². The van der Waals surface area contributed by atoms with E-state index in [1.807, 2.05) is 11.3 Å². The maximum Gasteiger partial charge on any atom is 0.178 e. The summed E-state index contributed by atoms with van der Waals surface area (Å²) in [4.78, 5) is 5.22. The van der Waals surface area contributed by atoms with Crippen molar-refractivity contribution in [3.05, 3.63) is 66.3 Å². The van der Waals surface area contributed by atoms with E-state index in [4.69, 9.17) is 0 Å². The Bertz CT molecular complexity index is 859. The number of benzene rings is 1. The molecule has 2 nitrogen and oxygen atoms in total. The number of halogens is 1. The second-order valence-corrected chi connectivity index (χ2v) is 8.82. The number of allylic oxidation sites excluding steroid dienone is 1. The number of quaternary nitrogens is 1. The molecule has 3 heterocycles. The summed E-state index contributed by atoms with van der Waals surface area (Å²) >= 11 is 1.81. The smallest absolute Gasteiger partial charge is 0.178 e. The van der Waals surface area contributed by atoms with Gasteiger partial charge in [-0.15, -0.1) is 17.9 Å². The SMILES string of the molecule is C=CC1(CC)c2ccc(-c3cccs3)cc2[NH+]2C=CN(C)[C@H]2[C@]1(C)CC.[I-]. The number of nitrogens with zero attached hydrogens (tertiary/aromatic N) is 1. The van der Waals surface area contributed by atoms with Gasteiger partial charge in [-0.1, -0.05) is 45.0 Å². The maximum absolute atomic E-state index is 4.34. The molecule has 27 heavy (non-hydrogen) atoms. The van der Waals surface area contributed by atoms with Crippen molar-refractivity contribution in [3.8, 4) is 10.4 Å². The predicted octanol–water partition coefficient (Wildman–Crippen LogP) is 1.94. The number of rotatable bonds is 4. The van der Waals surface area contributed by atoms with E-state index in [2.05, 4.69) is 93.5 Å². The van der Waals surface area contributed by atoms with Crippen molar-refractivity contribution in [2.45, 2.75) is 45.2 Å². The van der Waals surface area contributed by atoms with Crippen LogP contribution < -0.4 is 28.9 Å². The number of hydrogen-bond acceptors (Lipinski definition) is 2. The molecule has 0 spiro atoms. The third kappa shape index (κ3) is 2.67. The minimum Gasteiger partial charge on any atom is -1.00 e. The van der Waals surface area contributed by atoms with Gasteiger partial charge in [-0.2, -0.15) is 0 Å². The van der Waals surface area contributed by atoms with Gasteiger partial charge in [-0.05, 0) is 29.9 Å². The molecule has 0 fully saturated rings. The summed E-state index contributed by atoms with van der Waals surface area (Å²) in [6.45, 7) is 11.5. The van der Waals surface area contributed by atoms with Crippen LogP contribution in [0.3, 0.4) is 0 Å². The minimum absolute atomic E-state index is 0. The molecule has 0 aliphatic carbocycles. The fraction of sp³-hybridized carbons (Fsp3) is 0.391. The number of nitrogens with one attached hydrogen (secondary N) is 1. The maximum atomic E-state index is 4.34. The Morgan fingerprint density at radius 3 is 2.63 bits per heavy atom. The third-order valence-electron chi connectivity index (χ3n) is 7.07. The Hall–Kier alpha value is -1.11. The zero-order chi connectivity index (χ0) is 18.5. The summed E-state index contributed by atoms with van der Waals surface area (Å²) in [5.41, 5.74) is 4.29. The van der Waals surface area contributed by atoms with Crippen LogP contribution in [0.25, 0.3) is 10.4 Å². The van der Waals surface area contributed by atoms with Gasteiger partial charge in [0.25, 0.3) is 0 Å². The van der Waals surface area contributed by atoms with Gasteiger partial charge in [-0.3, -0.25) is 4.90 Å². The van der Waals surface area contributed by atoms with E-state index in [-0.39, 0.29) is 34.8 Å². The molecule has 4 heteroatoms. The van der Waals surface area contributed by atoms with Crippen molar-refractivity contribution in [2.24, 2.45) is 5.41 Å². The first-order valence-corrected chi connectivity index (χ1v) is 10.5. The first kappa shape index (κ1) is 20.6. The average Bonchev–Trinajstić information content (AvgIpc) is 3.33. The van der Waals surface area contributed by atoms with Crippen molar-refractivity contribution < 1.29 is 28.9 Å². The number of thiophene rings is 1. The Morgan fingerprint density at radius 2 is 2.04 bits per heavy atom. The highest BCUT2D eigenvalue weighted by molar-refractivity contribution is 7.13. The zero-order valence-corrected chi connectivity index (χ0v) is 19.6. The quantitative estimate of drug-likeness (QED) is 0.507. The van der Waals surface area contributed by atoms with Gasteiger partial charge < -0.3 is 28.9 Å². The molecule has 1 aromatic carbocycles. The average molecular weight is 492 g/mol. The summed E-state index contributed by atoms with van der Waals surface area (Å²) in [5, 5.41) is 2.15. The molecule has 2 aromatic rings. The van der Waals surface area contributed by atoms with E-state index in [0.29, 0.717) is 6.17 Å². The fourth-order valence-electron chi connectivity index (χ4n) is 5.53. The molecule has 2 unspecified atom stereocenters. The molecule has 0 bridgehead atoms. The van der Waals surface area contributed by atoms with Crippen LogP contribution in [0.2, 0.25) is 0 Å². The highest BCUT2D eigenvalue weighted by Gasteiger charge is 2.61. The first-order chi connectivity index (χ1) is 12.5. The Balaban J connectivity index is 0.00000210. The summed E-state index contributed by atoms with van der Waals surface area (Å²) < 4.78 is 0. The fourth-order valence-corrected chi connectivity index (χ4v) is 6.26. The third-order valence-corrected chi connectivity index (χ3v) is 7.99. The van der Waals surface area contributed by atoms with Gasteiger partial charge in [0.2, 0.25) is 0 Å². The van der Waals surface area contributed by atoms with Crippen LogP contribution >= 0.6 is 11.3 Å². The van der Waals surface area contributed by atoms with Gasteiger partial charge >= 0.3 is 0 Å². The van der Waals surface area contributed by atoms with Crippen molar-refractivity contribution in [1.82, 2.24) is 4.90 Å². The number of hydrogen-bond donors (Lipinski definition) is 1. The molecule has 1 aromatic heterocycles. The van der Waals surface area contributed by atoms with Crippen molar-refractivity contribution in [3.63, 3.8) is 0 Å². The van der Waals surface area contributed by atoms with Crippen LogP contribution in [0.15, 0.2) is 60.8 Å². The molecular formula is C23H29IN2S. The monoisotopic (exact) mass is 492 g/mol. The number of fused-ring (bicyclic) bond motifs is 3. The molecular weight excluding hydrogens is 463 g/mol. The van der Waals surface area contributed by atoms with E-state index in [1.54, 1.807) is 0 Å². The Morgan fingerprint density at radius 1 is 1.26 bits per heavy atom. The van der Waals surface area contributed by atoms with Gasteiger partial charge in [0.05, 0.1) is 11.6 Å². The normalized spacial score (nSPS) is 31.2. The van der Waals surface area contributed by atoms with Crippen LogP contribution in [0.4, 0.5) is 5.69 Å². The van der Waals surface area contributed by atoms with Gasteiger partial charge in [0, 0.05) is 29.0 Å². The standard InChI is InChI=1S/C23H28N2S.HI/c1-6-22(4)21-24(5)13-14-25(21)19-16-17(20-10-9-15-26-20)11-12-18(19)23(22,7-2)8-3;/h7,9-16,21H,2,6,8H2,1,3-5H3;1H/t21-,22+,23?;/m1./s1. The van der Waals surface area contributed by atoms with E-state index < -0.39 is 0 Å². The van der Waals surface area contributed by atoms with Gasteiger partial charge in [0.15, 0.2) is 6.17 Å². The molecule has 0 amide bonds.